The number of fused-ring (bicyclic) bond motifs is 1. The van der Waals surface area contributed by atoms with Gasteiger partial charge in [-0.2, -0.15) is 0 Å². The highest BCUT2D eigenvalue weighted by Crippen LogP contribution is 2.17. The zero-order valence-electron chi connectivity index (χ0n) is 13.5. The van der Waals surface area contributed by atoms with Crippen molar-refractivity contribution in [3.63, 3.8) is 0 Å². The number of nitrogens with one attached hydrogen (secondary N) is 1. The molecule has 1 N–H and O–H groups in total. The van der Waals surface area contributed by atoms with E-state index in [1.807, 2.05) is 20.0 Å². The van der Waals surface area contributed by atoms with Crippen LogP contribution in [0.25, 0.3) is 10.9 Å². The van der Waals surface area contributed by atoms with E-state index in [0.717, 1.165) is 13.1 Å². The van der Waals surface area contributed by atoms with Crippen LogP contribution < -0.4 is 10.2 Å². The van der Waals surface area contributed by atoms with Gasteiger partial charge in [-0.1, -0.05) is 0 Å². The fourth-order valence-electron chi connectivity index (χ4n) is 2.79. The number of aromatic nitrogens is 1. The van der Waals surface area contributed by atoms with Crippen LogP contribution in [0.1, 0.15) is 17.3 Å². The second kappa shape index (κ2) is 6.42. The first-order chi connectivity index (χ1) is 11.1. The zero-order valence-corrected chi connectivity index (χ0v) is 13.5. The number of carbonyl (C=O) groups excluding carboxylic acids is 1. The summed E-state index contributed by atoms with van der Waals surface area (Å²) in [5, 5.41) is 0.482. The SMILES string of the molecule is CCOc1ccc2[nH]cc(C(=O)N3CCN(C)CC3)c(=O)c2c1. The maximum Gasteiger partial charge on any atom is 0.259 e. The molecule has 0 atom stereocenters. The molecular formula is C17H21N3O3. The number of nitrogens with zero attached hydrogens (tertiary/aromatic N) is 2. The highest BCUT2D eigenvalue weighted by molar-refractivity contribution is 5.97. The van der Waals surface area contributed by atoms with Gasteiger partial charge in [0.15, 0.2) is 0 Å². The summed E-state index contributed by atoms with van der Waals surface area (Å²) < 4.78 is 5.44. The summed E-state index contributed by atoms with van der Waals surface area (Å²) in [4.78, 5) is 32.3. The van der Waals surface area contributed by atoms with Gasteiger partial charge in [0.25, 0.3) is 5.91 Å². The third-order valence-corrected chi connectivity index (χ3v) is 4.18. The molecule has 1 amide bonds. The molecule has 6 heteroatoms. The fourth-order valence-corrected chi connectivity index (χ4v) is 2.79. The summed E-state index contributed by atoms with van der Waals surface area (Å²) in [5.41, 5.74) is 0.647. The molecule has 0 spiro atoms. The van der Waals surface area contributed by atoms with Gasteiger partial charge in [-0.15, -0.1) is 0 Å². The van der Waals surface area contributed by atoms with Gasteiger partial charge in [0.05, 0.1) is 6.61 Å². The molecule has 6 nitrogen and oxygen atoms in total. The molecule has 1 aliphatic rings. The molecule has 3 rings (SSSR count). The Balaban J connectivity index is 1.96. The van der Waals surface area contributed by atoms with Crippen molar-refractivity contribution in [3.05, 3.63) is 40.2 Å². The molecule has 2 aromatic rings. The van der Waals surface area contributed by atoms with Crippen molar-refractivity contribution in [1.82, 2.24) is 14.8 Å². The van der Waals surface area contributed by atoms with Gasteiger partial charge in [-0.05, 0) is 32.2 Å². The van der Waals surface area contributed by atoms with Crippen molar-refractivity contribution in [2.75, 3.05) is 39.8 Å². The maximum atomic E-state index is 12.7. The summed E-state index contributed by atoms with van der Waals surface area (Å²) in [6.07, 6.45) is 1.52. The van der Waals surface area contributed by atoms with Gasteiger partial charge < -0.3 is 19.5 Å². The molecule has 1 saturated heterocycles. The molecule has 0 bridgehead atoms. The van der Waals surface area contributed by atoms with Crippen LogP contribution in [0.5, 0.6) is 5.75 Å². The average molecular weight is 315 g/mol. The number of benzene rings is 1. The number of H-pyrrole nitrogens is 1. The lowest BCUT2D eigenvalue weighted by Gasteiger charge is -2.32. The first-order valence-corrected chi connectivity index (χ1v) is 7.86. The number of piperazine rings is 1. The maximum absolute atomic E-state index is 12.7. The van der Waals surface area contributed by atoms with Gasteiger partial charge in [0, 0.05) is 43.3 Å². The lowest BCUT2D eigenvalue weighted by Crippen LogP contribution is -2.48. The third-order valence-electron chi connectivity index (χ3n) is 4.18. The molecule has 1 fully saturated rings. The second-order valence-electron chi connectivity index (χ2n) is 5.77. The number of rotatable bonds is 3. The monoisotopic (exact) mass is 315 g/mol. The summed E-state index contributed by atoms with van der Waals surface area (Å²) in [7, 11) is 2.03. The Morgan fingerprint density at radius 3 is 2.70 bits per heavy atom. The predicted molar refractivity (Wildman–Crippen MR) is 89.1 cm³/mol. The zero-order chi connectivity index (χ0) is 16.4. The lowest BCUT2D eigenvalue weighted by molar-refractivity contribution is 0.0662. The lowest BCUT2D eigenvalue weighted by atomic mass is 10.1. The van der Waals surface area contributed by atoms with Crippen molar-refractivity contribution in [3.8, 4) is 5.75 Å². The Labute approximate surface area is 134 Å². The number of hydrogen-bond donors (Lipinski definition) is 1. The highest BCUT2D eigenvalue weighted by Gasteiger charge is 2.23. The molecule has 0 saturated carbocycles. The molecule has 1 aliphatic heterocycles. The van der Waals surface area contributed by atoms with Crippen LogP contribution in [0.3, 0.4) is 0 Å². The first kappa shape index (κ1) is 15.6. The Kier molecular flexibility index (Phi) is 4.34. The second-order valence-corrected chi connectivity index (χ2v) is 5.77. The highest BCUT2D eigenvalue weighted by atomic mass is 16.5. The number of pyridine rings is 1. The third kappa shape index (κ3) is 3.07. The Morgan fingerprint density at radius 2 is 2.00 bits per heavy atom. The largest absolute Gasteiger partial charge is 0.494 e. The molecule has 0 aliphatic carbocycles. The molecule has 1 aromatic heterocycles. The van der Waals surface area contributed by atoms with E-state index < -0.39 is 0 Å². The van der Waals surface area contributed by atoms with Crippen molar-refractivity contribution in [2.45, 2.75) is 6.92 Å². The van der Waals surface area contributed by atoms with Crippen LogP contribution in [0.15, 0.2) is 29.2 Å². The molecule has 0 unspecified atom stereocenters. The van der Waals surface area contributed by atoms with Crippen LogP contribution in [-0.4, -0.2) is 60.5 Å². The Bertz CT molecular complexity index is 776. The Hall–Kier alpha value is -2.34. The topological polar surface area (TPSA) is 65.6 Å². The van der Waals surface area contributed by atoms with Crippen LogP contribution in [-0.2, 0) is 0 Å². The summed E-state index contributed by atoms with van der Waals surface area (Å²) in [5.74, 6) is 0.428. The van der Waals surface area contributed by atoms with Gasteiger partial charge in [-0.3, -0.25) is 9.59 Å². The minimum atomic E-state index is -0.246. The van der Waals surface area contributed by atoms with Crippen molar-refractivity contribution in [1.29, 1.82) is 0 Å². The van der Waals surface area contributed by atoms with Gasteiger partial charge in [-0.25, -0.2) is 0 Å². The van der Waals surface area contributed by atoms with Crippen molar-refractivity contribution >= 4 is 16.8 Å². The standard InChI is InChI=1S/C17H21N3O3/c1-3-23-12-4-5-15-13(10-12)16(21)14(11-18-15)17(22)20-8-6-19(2)7-9-20/h4-5,10-11H,3,6-9H2,1-2H3,(H,18,21). The average Bonchev–Trinajstić information content (AvgIpc) is 2.56. The molecule has 1 aromatic carbocycles. The molecule has 2 heterocycles. The Morgan fingerprint density at radius 1 is 1.26 bits per heavy atom. The summed E-state index contributed by atoms with van der Waals surface area (Å²) in [6.45, 7) is 5.36. The van der Waals surface area contributed by atoms with Crippen molar-refractivity contribution < 1.29 is 9.53 Å². The van der Waals surface area contributed by atoms with Crippen LogP contribution in [0.2, 0.25) is 0 Å². The molecule has 0 radical (unpaired) electrons. The summed E-state index contributed by atoms with van der Waals surface area (Å²) >= 11 is 0. The minimum Gasteiger partial charge on any atom is -0.494 e. The normalized spacial score (nSPS) is 15.8. The van der Waals surface area contributed by atoms with E-state index in [0.29, 0.717) is 36.3 Å². The molecule has 23 heavy (non-hydrogen) atoms. The van der Waals surface area contributed by atoms with Crippen LogP contribution in [0, 0.1) is 0 Å². The number of carbonyl (C=O) groups is 1. The van der Waals surface area contributed by atoms with E-state index >= 15 is 0 Å². The van der Waals surface area contributed by atoms with E-state index in [9.17, 15) is 9.59 Å². The van der Waals surface area contributed by atoms with Gasteiger partial charge >= 0.3 is 0 Å². The van der Waals surface area contributed by atoms with E-state index in [4.69, 9.17) is 4.74 Å². The number of amides is 1. The van der Waals surface area contributed by atoms with Gasteiger partial charge in [0.2, 0.25) is 5.43 Å². The predicted octanol–water partition coefficient (Wildman–Crippen LogP) is 1.31. The number of hydrogen-bond acceptors (Lipinski definition) is 4. The first-order valence-electron chi connectivity index (χ1n) is 7.86. The summed E-state index contributed by atoms with van der Waals surface area (Å²) in [6, 6.07) is 5.30. The van der Waals surface area contributed by atoms with Crippen molar-refractivity contribution in [2.24, 2.45) is 0 Å². The number of likely N-dealkylation sites (N-methyl/N-ethyl adjacent to an activating group) is 1. The number of aromatic amines is 1. The van der Waals surface area contributed by atoms with E-state index in [-0.39, 0.29) is 16.9 Å². The van der Waals surface area contributed by atoms with Crippen LogP contribution >= 0.6 is 0 Å². The molecular weight excluding hydrogens is 294 g/mol. The van der Waals surface area contributed by atoms with Crippen LogP contribution in [0.4, 0.5) is 0 Å². The fraction of sp³-hybridized carbons (Fsp3) is 0.412. The molecule has 122 valence electrons. The van der Waals surface area contributed by atoms with E-state index in [1.165, 1.54) is 6.20 Å². The van der Waals surface area contributed by atoms with Gasteiger partial charge in [0.1, 0.15) is 11.3 Å². The smallest absolute Gasteiger partial charge is 0.259 e. The van der Waals surface area contributed by atoms with E-state index in [2.05, 4.69) is 9.88 Å². The minimum absolute atomic E-state index is 0.190. The number of ether oxygens (including phenoxy) is 1. The van der Waals surface area contributed by atoms with E-state index in [1.54, 1.807) is 17.0 Å². The quantitative estimate of drug-likeness (QED) is 0.927.